The molecule has 0 radical (unpaired) electrons. The van der Waals surface area contributed by atoms with E-state index in [2.05, 4.69) is 20.8 Å². The molecule has 0 aromatic rings. The van der Waals surface area contributed by atoms with Crippen molar-refractivity contribution in [1.29, 1.82) is 0 Å². The van der Waals surface area contributed by atoms with Crippen molar-refractivity contribution in [3.05, 3.63) is 11.6 Å². The highest BCUT2D eigenvalue weighted by Gasteiger charge is 2.34. The molecule has 94 valence electrons. The molecule has 0 aromatic heterocycles. The Balaban J connectivity index is 5.19. The van der Waals surface area contributed by atoms with E-state index in [1.807, 2.05) is 6.92 Å². The van der Waals surface area contributed by atoms with Gasteiger partial charge < -0.3 is 5.11 Å². The molecule has 2 heteroatoms. The second-order valence-electron chi connectivity index (χ2n) is 4.54. The van der Waals surface area contributed by atoms with Gasteiger partial charge in [0.25, 0.3) is 0 Å². The summed E-state index contributed by atoms with van der Waals surface area (Å²) >= 11 is 0. The monoisotopic (exact) mass is 226 g/mol. The maximum atomic E-state index is 11.3. The molecule has 0 fully saturated rings. The van der Waals surface area contributed by atoms with Crippen molar-refractivity contribution in [2.24, 2.45) is 5.41 Å². The van der Waals surface area contributed by atoms with Gasteiger partial charge in [0.15, 0.2) is 0 Å². The molecule has 0 amide bonds. The van der Waals surface area contributed by atoms with Gasteiger partial charge in [0, 0.05) is 11.0 Å². The van der Waals surface area contributed by atoms with Gasteiger partial charge in [0.05, 0.1) is 0 Å². The summed E-state index contributed by atoms with van der Waals surface area (Å²) in [5.74, 6) is -0.738. The number of hydrogen-bond donors (Lipinski definition) is 1. The van der Waals surface area contributed by atoms with Crippen LogP contribution in [0.25, 0.3) is 0 Å². The minimum absolute atomic E-state index is 0.0984. The van der Waals surface area contributed by atoms with Crippen LogP contribution in [0, 0.1) is 5.41 Å². The predicted octanol–water partition coefficient (Wildman–Crippen LogP) is 4.40. The summed E-state index contributed by atoms with van der Waals surface area (Å²) in [5.41, 5.74) is 0.525. The third kappa shape index (κ3) is 3.66. The van der Waals surface area contributed by atoms with E-state index in [0.29, 0.717) is 5.57 Å². The molecule has 0 saturated heterocycles. The minimum Gasteiger partial charge on any atom is -0.478 e. The highest BCUT2D eigenvalue weighted by atomic mass is 16.4. The Morgan fingerprint density at radius 1 is 1.06 bits per heavy atom. The van der Waals surface area contributed by atoms with Gasteiger partial charge in [-0.1, -0.05) is 46.1 Å². The predicted molar refractivity (Wildman–Crippen MR) is 68.5 cm³/mol. The fourth-order valence-electron chi connectivity index (χ4n) is 2.87. The molecule has 0 spiro atoms. The van der Waals surface area contributed by atoms with Gasteiger partial charge in [-0.15, -0.1) is 0 Å². The van der Waals surface area contributed by atoms with E-state index in [-0.39, 0.29) is 5.41 Å². The molecule has 0 atom stereocenters. The first kappa shape index (κ1) is 15.2. The van der Waals surface area contributed by atoms with Crippen LogP contribution in [0.1, 0.15) is 66.2 Å². The number of carboxylic acid groups (broad SMARTS) is 1. The molecule has 2 nitrogen and oxygen atoms in total. The Hall–Kier alpha value is -0.790. The second-order valence-corrected chi connectivity index (χ2v) is 4.54. The summed E-state index contributed by atoms with van der Waals surface area (Å²) in [4.78, 5) is 11.3. The molecule has 16 heavy (non-hydrogen) atoms. The molecule has 0 heterocycles. The maximum absolute atomic E-state index is 11.3. The number of carboxylic acids is 1. The molecule has 0 saturated carbocycles. The Morgan fingerprint density at radius 2 is 1.44 bits per heavy atom. The summed E-state index contributed by atoms with van der Waals surface area (Å²) in [6, 6.07) is 0. The fraction of sp³-hybridized carbons (Fsp3) is 0.786. The van der Waals surface area contributed by atoms with Crippen LogP contribution in [-0.4, -0.2) is 11.1 Å². The van der Waals surface area contributed by atoms with E-state index in [1.54, 1.807) is 6.08 Å². The lowest BCUT2D eigenvalue weighted by molar-refractivity contribution is -0.134. The van der Waals surface area contributed by atoms with Crippen LogP contribution < -0.4 is 0 Å². The SMILES string of the molecule is CC=C(C(=O)O)C(CCC)(CCC)CCC. The van der Waals surface area contributed by atoms with Crippen molar-refractivity contribution in [1.82, 2.24) is 0 Å². The zero-order chi connectivity index (χ0) is 12.6. The molecule has 0 unspecified atom stereocenters. The highest BCUT2D eigenvalue weighted by Crippen LogP contribution is 2.42. The third-order valence-electron chi connectivity index (χ3n) is 3.28. The van der Waals surface area contributed by atoms with E-state index in [0.717, 1.165) is 38.5 Å². The first-order valence-corrected chi connectivity index (χ1v) is 6.48. The number of carbonyl (C=O) groups is 1. The minimum atomic E-state index is -0.738. The van der Waals surface area contributed by atoms with Crippen molar-refractivity contribution in [2.45, 2.75) is 66.2 Å². The molecular formula is C14H26O2. The van der Waals surface area contributed by atoms with Crippen LogP contribution in [0.5, 0.6) is 0 Å². The Morgan fingerprint density at radius 3 is 1.62 bits per heavy atom. The summed E-state index contributed by atoms with van der Waals surface area (Å²) in [5, 5.41) is 9.32. The highest BCUT2D eigenvalue weighted by molar-refractivity contribution is 5.88. The Labute approximate surface area is 99.7 Å². The number of aliphatic carboxylic acids is 1. The normalized spacial score (nSPS) is 12.9. The Kier molecular flexibility index (Phi) is 7.11. The topological polar surface area (TPSA) is 37.3 Å². The standard InChI is InChI=1S/C14H26O2/c1-5-9-14(10-6-2,11-7-3)12(8-4)13(15)16/h8H,5-7,9-11H2,1-4H3,(H,15,16). The maximum Gasteiger partial charge on any atom is 0.331 e. The lowest BCUT2D eigenvalue weighted by Gasteiger charge is -2.34. The molecule has 1 N–H and O–H groups in total. The van der Waals surface area contributed by atoms with E-state index in [1.165, 1.54) is 0 Å². The van der Waals surface area contributed by atoms with Crippen molar-refractivity contribution in [3.8, 4) is 0 Å². The number of hydrogen-bond acceptors (Lipinski definition) is 1. The van der Waals surface area contributed by atoms with Gasteiger partial charge in [-0.05, 0) is 26.2 Å². The lowest BCUT2D eigenvalue weighted by atomic mass is 9.70. The average Bonchev–Trinajstić information content (AvgIpc) is 2.19. The molecule has 0 aliphatic rings. The van der Waals surface area contributed by atoms with E-state index >= 15 is 0 Å². The van der Waals surface area contributed by atoms with Crippen LogP contribution in [0.15, 0.2) is 11.6 Å². The van der Waals surface area contributed by atoms with Crippen molar-refractivity contribution in [2.75, 3.05) is 0 Å². The lowest BCUT2D eigenvalue weighted by Crippen LogP contribution is -2.28. The fourth-order valence-corrected chi connectivity index (χ4v) is 2.87. The molecule has 0 aromatic carbocycles. The molecular weight excluding hydrogens is 200 g/mol. The van der Waals surface area contributed by atoms with Crippen molar-refractivity contribution < 1.29 is 9.90 Å². The summed E-state index contributed by atoms with van der Waals surface area (Å²) < 4.78 is 0. The van der Waals surface area contributed by atoms with Crippen LogP contribution in [0.3, 0.4) is 0 Å². The van der Waals surface area contributed by atoms with E-state index < -0.39 is 5.97 Å². The second kappa shape index (κ2) is 7.48. The van der Waals surface area contributed by atoms with Crippen LogP contribution in [-0.2, 0) is 4.79 Å². The zero-order valence-electron chi connectivity index (χ0n) is 11.2. The van der Waals surface area contributed by atoms with E-state index in [4.69, 9.17) is 0 Å². The largest absolute Gasteiger partial charge is 0.478 e. The van der Waals surface area contributed by atoms with Gasteiger partial charge in [0.1, 0.15) is 0 Å². The van der Waals surface area contributed by atoms with Crippen LogP contribution in [0.2, 0.25) is 0 Å². The molecule has 0 bridgehead atoms. The van der Waals surface area contributed by atoms with Gasteiger partial charge in [-0.25, -0.2) is 4.79 Å². The smallest absolute Gasteiger partial charge is 0.331 e. The van der Waals surface area contributed by atoms with E-state index in [9.17, 15) is 9.90 Å². The quantitative estimate of drug-likeness (QED) is 0.623. The number of rotatable bonds is 8. The molecule has 0 aliphatic carbocycles. The van der Waals surface area contributed by atoms with Crippen LogP contribution in [0.4, 0.5) is 0 Å². The van der Waals surface area contributed by atoms with Gasteiger partial charge in [-0.2, -0.15) is 0 Å². The Bertz CT molecular complexity index is 224. The summed E-state index contributed by atoms with van der Waals surface area (Å²) in [6.45, 7) is 8.25. The summed E-state index contributed by atoms with van der Waals surface area (Å²) in [6.07, 6.45) is 7.89. The first-order valence-electron chi connectivity index (χ1n) is 6.48. The number of allylic oxidation sites excluding steroid dienone is 1. The van der Waals surface area contributed by atoms with Crippen molar-refractivity contribution in [3.63, 3.8) is 0 Å². The van der Waals surface area contributed by atoms with Crippen LogP contribution >= 0.6 is 0 Å². The van der Waals surface area contributed by atoms with Gasteiger partial charge in [-0.3, -0.25) is 0 Å². The zero-order valence-corrected chi connectivity index (χ0v) is 11.2. The first-order chi connectivity index (χ1) is 7.57. The molecule has 0 rings (SSSR count). The third-order valence-corrected chi connectivity index (χ3v) is 3.28. The summed E-state index contributed by atoms with van der Waals surface area (Å²) in [7, 11) is 0. The average molecular weight is 226 g/mol. The van der Waals surface area contributed by atoms with Gasteiger partial charge in [0.2, 0.25) is 0 Å². The molecule has 0 aliphatic heterocycles. The van der Waals surface area contributed by atoms with Gasteiger partial charge >= 0.3 is 5.97 Å². The van der Waals surface area contributed by atoms with Crippen molar-refractivity contribution >= 4 is 5.97 Å².